The molecule has 28 heavy (non-hydrogen) atoms. The number of amides is 1. The fourth-order valence-electron chi connectivity index (χ4n) is 3.38. The van der Waals surface area contributed by atoms with Gasteiger partial charge in [0, 0.05) is 50.5 Å². The number of hydrogen-bond donors (Lipinski definition) is 1. The molecule has 0 bridgehead atoms. The van der Waals surface area contributed by atoms with Gasteiger partial charge in [-0.1, -0.05) is 26.0 Å². The first-order valence-electron chi connectivity index (χ1n) is 10.0. The Hall–Kier alpha value is -2.53. The molecule has 1 saturated heterocycles. The van der Waals surface area contributed by atoms with Crippen molar-refractivity contribution in [3.63, 3.8) is 0 Å². The summed E-state index contributed by atoms with van der Waals surface area (Å²) in [5.74, 6) is 1.36. The first kappa shape index (κ1) is 20.2. The van der Waals surface area contributed by atoms with Gasteiger partial charge in [0.05, 0.1) is 7.11 Å². The highest BCUT2D eigenvalue weighted by atomic mass is 16.5. The summed E-state index contributed by atoms with van der Waals surface area (Å²) >= 11 is 0. The Morgan fingerprint density at radius 1 is 1.00 bits per heavy atom. The molecule has 0 radical (unpaired) electrons. The Balaban J connectivity index is 1.48. The van der Waals surface area contributed by atoms with Crippen molar-refractivity contribution in [2.75, 3.05) is 44.7 Å². The largest absolute Gasteiger partial charge is 0.497 e. The van der Waals surface area contributed by atoms with Crippen LogP contribution in [0.3, 0.4) is 0 Å². The van der Waals surface area contributed by atoms with Gasteiger partial charge in [0.1, 0.15) is 5.75 Å². The third-order valence-corrected chi connectivity index (χ3v) is 5.10. The molecule has 0 spiro atoms. The fourth-order valence-corrected chi connectivity index (χ4v) is 3.38. The first-order chi connectivity index (χ1) is 13.5. The minimum Gasteiger partial charge on any atom is -0.497 e. The highest BCUT2D eigenvalue weighted by Crippen LogP contribution is 2.21. The summed E-state index contributed by atoms with van der Waals surface area (Å²) in [6.45, 7) is 9.91. The van der Waals surface area contributed by atoms with Crippen LogP contribution in [-0.2, 0) is 6.54 Å². The van der Waals surface area contributed by atoms with Gasteiger partial charge < -0.3 is 15.0 Å². The topological polar surface area (TPSA) is 44.8 Å². The molecule has 2 aromatic carbocycles. The molecule has 1 heterocycles. The van der Waals surface area contributed by atoms with Crippen molar-refractivity contribution < 1.29 is 9.53 Å². The van der Waals surface area contributed by atoms with Gasteiger partial charge in [0.2, 0.25) is 0 Å². The van der Waals surface area contributed by atoms with E-state index in [1.807, 2.05) is 24.3 Å². The maximum absolute atomic E-state index is 12.1. The lowest BCUT2D eigenvalue weighted by Crippen LogP contribution is -2.45. The van der Waals surface area contributed by atoms with Crippen LogP contribution in [0.15, 0.2) is 48.5 Å². The highest BCUT2D eigenvalue weighted by molar-refractivity contribution is 5.94. The van der Waals surface area contributed by atoms with Crippen LogP contribution in [0.2, 0.25) is 0 Å². The molecule has 1 fully saturated rings. The zero-order valence-electron chi connectivity index (χ0n) is 17.1. The third-order valence-electron chi connectivity index (χ3n) is 5.10. The minimum atomic E-state index is 0.00774. The predicted molar refractivity (Wildman–Crippen MR) is 114 cm³/mol. The van der Waals surface area contributed by atoms with Gasteiger partial charge in [-0.25, -0.2) is 0 Å². The molecule has 0 aromatic heterocycles. The number of piperazine rings is 1. The first-order valence-corrected chi connectivity index (χ1v) is 10.0. The molecule has 1 amide bonds. The number of ether oxygens (including phenoxy) is 1. The molecular weight excluding hydrogens is 350 g/mol. The summed E-state index contributed by atoms with van der Waals surface area (Å²) in [7, 11) is 1.69. The number of benzene rings is 2. The number of carbonyl (C=O) groups is 1. The number of nitrogens with zero attached hydrogens (tertiary/aromatic N) is 2. The number of nitrogens with one attached hydrogen (secondary N) is 1. The number of carbonyl (C=O) groups excluding carboxylic acids is 1. The van der Waals surface area contributed by atoms with Crippen LogP contribution >= 0.6 is 0 Å². The lowest BCUT2D eigenvalue weighted by molar-refractivity contribution is 0.0949. The van der Waals surface area contributed by atoms with Crippen LogP contribution in [0.5, 0.6) is 5.75 Å². The molecular formula is C23H31N3O2. The van der Waals surface area contributed by atoms with Crippen LogP contribution in [-0.4, -0.2) is 50.6 Å². The fraction of sp³-hybridized carbons (Fsp3) is 0.435. The second-order valence-electron chi connectivity index (χ2n) is 7.76. The summed E-state index contributed by atoms with van der Waals surface area (Å²) in [5, 5.41) is 2.96. The Bertz CT molecular complexity index is 748. The van der Waals surface area contributed by atoms with Crippen LogP contribution in [0.1, 0.15) is 29.8 Å². The molecule has 0 atom stereocenters. The van der Waals surface area contributed by atoms with E-state index in [4.69, 9.17) is 4.74 Å². The zero-order chi connectivity index (χ0) is 19.9. The van der Waals surface area contributed by atoms with E-state index in [1.54, 1.807) is 7.11 Å². The second-order valence-corrected chi connectivity index (χ2v) is 7.76. The molecule has 0 unspecified atom stereocenters. The summed E-state index contributed by atoms with van der Waals surface area (Å²) < 4.78 is 5.24. The molecule has 2 aromatic rings. The zero-order valence-corrected chi connectivity index (χ0v) is 17.1. The van der Waals surface area contributed by atoms with Crippen molar-refractivity contribution in [1.29, 1.82) is 0 Å². The average Bonchev–Trinajstić information content (AvgIpc) is 2.73. The molecule has 1 aliphatic heterocycles. The van der Waals surface area contributed by atoms with E-state index in [2.05, 4.69) is 53.2 Å². The van der Waals surface area contributed by atoms with E-state index in [9.17, 15) is 4.79 Å². The molecule has 0 aliphatic carbocycles. The molecule has 5 heteroatoms. The van der Waals surface area contributed by atoms with Gasteiger partial charge >= 0.3 is 0 Å². The van der Waals surface area contributed by atoms with Crippen LogP contribution in [0.25, 0.3) is 0 Å². The minimum absolute atomic E-state index is 0.00774. The molecule has 5 nitrogen and oxygen atoms in total. The molecule has 150 valence electrons. The summed E-state index contributed by atoms with van der Waals surface area (Å²) in [6.07, 6.45) is 0. The monoisotopic (exact) mass is 381 g/mol. The quantitative estimate of drug-likeness (QED) is 0.798. The number of methoxy groups -OCH3 is 1. The lowest BCUT2D eigenvalue weighted by atomic mass is 10.1. The van der Waals surface area contributed by atoms with Gasteiger partial charge in [-0.15, -0.1) is 0 Å². The Labute approximate surface area is 168 Å². The van der Waals surface area contributed by atoms with Crippen LogP contribution < -0.4 is 15.0 Å². The Morgan fingerprint density at radius 3 is 2.21 bits per heavy atom. The Morgan fingerprint density at radius 2 is 1.64 bits per heavy atom. The van der Waals surface area contributed by atoms with Gasteiger partial charge in [0.15, 0.2) is 0 Å². The highest BCUT2D eigenvalue weighted by Gasteiger charge is 2.17. The van der Waals surface area contributed by atoms with Gasteiger partial charge in [-0.2, -0.15) is 0 Å². The summed E-state index contributed by atoms with van der Waals surface area (Å²) in [4.78, 5) is 17.0. The maximum Gasteiger partial charge on any atom is 0.251 e. The Kier molecular flexibility index (Phi) is 6.93. The lowest BCUT2D eigenvalue weighted by Gasteiger charge is -2.36. The van der Waals surface area contributed by atoms with E-state index in [0.717, 1.165) is 44.0 Å². The van der Waals surface area contributed by atoms with E-state index in [0.29, 0.717) is 12.5 Å². The predicted octanol–water partition coefficient (Wildman–Crippen LogP) is 3.40. The summed E-state index contributed by atoms with van der Waals surface area (Å²) in [5.41, 5.74) is 3.23. The van der Waals surface area contributed by atoms with E-state index in [1.165, 1.54) is 11.3 Å². The summed E-state index contributed by atoms with van der Waals surface area (Å²) in [6, 6.07) is 16.3. The van der Waals surface area contributed by atoms with Crippen molar-refractivity contribution in [2.24, 2.45) is 5.92 Å². The van der Waals surface area contributed by atoms with Crippen molar-refractivity contribution in [3.05, 3.63) is 59.7 Å². The molecule has 3 rings (SSSR count). The average molecular weight is 382 g/mol. The van der Waals surface area contributed by atoms with Crippen molar-refractivity contribution >= 4 is 11.6 Å². The van der Waals surface area contributed by atoms with Crippen molar-refractivity contribution in [3.8, 4) is 5.75 Å². The molecule has 0 saturated carbocycles. The van der Waals surface area contributed by atoms with Crippen molar-refractivity contribution in [1.82, 2.24) is 10.2 Å². The normalized spacial score (nSPS) is 14.9. The number of anilines is 1. The van der Waals surface area contributed by atoms with E-state index in [-0.39, 0.29) is 5.91 Å². The second kappa shape index (κ2) is 9.60. The number of rotatable bonds is 7. The molecule has 1 N–H and O–H groups in total. The van der Waals surface area contributed by atoms with Gasteiger partial charge in [-0.3, -0.25) is 9.69 Å². The number of hydrogen-bond acceptors (Lipinski definition) is 4. The third kappa shape index (κ3) is 5.49. The van der Waals surface area contributed by atoms with Gasteiger partial charge in [-0.05, 0) is 47.9 Å². The smallest absolute Gasteiger partial charge is 0.251 e. The van der Waals surface area contributed by atoms with Gasteiger partial charge in [0.25, 0.3) is 5.91 Å². The maximum atomic E-state index is 12.1. The van der Waals surface area contributed by atoms with E-state index >= 15 is 0 Å². The van der Waals surface area contributed by atoms with E-state index < -0.39 is 0 Å². The SMILES string of the molecule is COc1ccc(N2CCN(Cc3ccc(C(=O)NCC(C)C)cc3)CC2)cc1. The van der Waals surface area contributed by atoms with Crippen LogP contribution in [0.4, 0.5) is 5.69 Å². The van der Waals surface area contributed by atoms with Crippen molar-refractivity contribution in [2.45, 2.75) is 20.4 Å². The van der Waals surface area contributed by atoms with Crippen LogP contribution in [0, 0.1) is 5.92 Å². The molecule has 1 aliphatic rings. The standard InChI is InChI=1S/C23H31N3O2/c1-18(2)16-24-23(27)20-6-4-19(5-7-20)17-25-12-14-26(15-13-25)21-8-10-22(28-3)11-9-21/h4-11,18H,12-17H2,1-3H3,(H,24,27).